The molecule has 0 aliphatic heterocycles. The van der Waals surface area contributed by atoms with Crippen LogP contribution in [0.2, 0.25) is 0 Å². The van der Waals surface area contributed by atoms with Crippen LogP contribution in [0.15, 0.2) is 47.5 Å². The predicted octanol–water partition coefficient (Wildman–Crippen LogP) is 3.02. The number of carbonyl (C=O) groups is 1. The van der Waals surface area contributed by atoms with E-state index in [1.54, 1.807) is 19.2 Å². The number of methoxy groups -OCH3 is 1. The standard InChI is InChI=1S/C21H28N4O2.HI/c1-4-23-21(25-14-16-6-8-17(9-7-16)20(22)26)24-12-11-18-13-15(2)5-10-19(18)27-3;/h5-10,13H,4,11-12,14H2,1-3H3,(H2,22,26)(H2,23,24,25);1H. The molecular formula is C21H29IN4O2. The molecule has 0 spiro atoms. The number of aliphatic imine (C=N–C) groups is 1. The minimum atomic E-state index is -0.424. The Morgan fingerprint density at radius 3 is 2.46 bits per heavy atom. The van der Waals surface area contributed by atoms with Gasteiger partial charge in [0.2, 0.25) is 5.91 Å². The van der Waals surface area contributed by atoms with Crippen LogP contribution in [0.25, 0.3) is 0 Å². The molecule has 0 saturated carbocycles. The summed E-state index contributed by atoms with van der Waals surface area (Å²) in [6.45, 7) is 6.14. The lowest BCUT2D eigenvalue weighted by molar-refractivity contribution is 0.100. The van der Waals surface area contributed by atoms with Gasteiger partial charge < -0.3 is 21.1 Å². The summed E-state index contributed by atoms with van der Waals surface area (Å²) in [6, 6.07) is 13.4. The van der Waals surface area contributed by atoms with Crippen LogP contribution in [-0.4, -0.2) is 32.1 Å². The van der Waals surface area contributed by atoms with Crippen LogP contribution in [0.3, 0.4) is 0 Å². The van der Waals surface area contributed by atoms with Gasteiger partial charge in [0.1, 0.15) is 5.75 Å². The van der Waals surface area contributed by atoms with Gasteiger partial charge in [-0.1, -0.05) is 29.8 Å². The molecule has 152 valence electrons. The van der Waals surface area contributed by atoms with Gasteiger partial charge in [0, 0.05) is 18.7 Å². The maximum Gasteiger partial charge on any atom is 0.248 e. The minimum Gasteiger partial charge on any atom is -0.496 e. The van der Waals surface area contributed by atoms with Crippen molar-refractivity contribution in [2.24, 2.45) is 10.7 Å². The third-order valence-electron chi connectivity index (χ3n) is 4.13. The summed E-state index contributed by atoms with van der Waals surface area (Å²) in [5.41, 5.74) is 9.16. The fraction of sp³-hybridized carbons (Fsp3) is 0.333. The van der Waals surface area contributed by atoms with Crippen molar-refractivity contribution in [2.45, 2.75) is 26.8 Å². The van der Waals surface area contributed by atoms with Gasteiger partial charge in [-0.05, 0) is 49.6 Å². The Morgan fingerprint density at radius 2 is 1.86 bits per heavy atom. The Morgan fingerprint density at radius 1 is 1.14 bits per heavy atom. The molecule has 0 heterocycles. The van der Waals surface area contributed by atoms with Gasteiger partial charge in [0.15, 0.2) is 5.96 Å². The number of primary amides is 1. The van der Waals surface area contributed by atoms with E-state index in [4.69, 9.17) is 10.5 Å². The second-order valence-electron chi connectivity index (χ2n) is 6.25. The number of benzene rings is 2. The molecule has 1 amide bonds. The number of hydrogen-bond acceptors (Lipinski definition) is 3. The van der Waals surface area contributed by atoms with E-state index in [-0.39, 0.29) is 24.0 Å². The number of ether oxygens (including phenoxy) is 1. The van der Waals surface area contributed by atoms with Crippen molar-refractivity contribution in [3.8, 4) is 5.75 Å². The molecule has 0 aromatic heterocycles. The van der Waals surface area contributed by atoms with E-state index in [0.29, 0.717) is 12.1 Å². The highest BCUT2D eigenvalue weighted by Crippen LogP contribution is 2.19. The summed E-state index contributed by atoms with van der Waals surface area (Å²) in [7, 11) is 1.69. The smallest absolute Gasteiger partial charge is 0.248 e. The number of carbonyl (C=O) groups excluding carboxylic acids is 1. The van der Waals surface area contributed by atoms with Crippen LogP contribution in [0, 0.1) is 6.92 Å². The van der Waals surface area contributed by atoms with E-state index in [0.717, 1.165) is 36.8 Å². The van der Waals surface area contributed by atoms with Gasteiger partial charge >= 0.3 is 0 Å². The maximum absolute atomic E-state index is 11.1. The van der Waals surface area contributed by atoms with Crippen molar-refractivity contribution < 1.29 is 9.53 Å². The van der Waals surface area contributed by atoms with Crippen molar-refractivity contribution in [1.82, 2.24) is 10.6 Å². The summed E-state index contributed by atoms with van der Waals surface area (Å²) in [6.07, 6.45) is 0.836. The van der Waals surface area contributed by atoms with Crippen molar-refractivity contribution in [2.75, 3.05) is 20.2 Å². The molecule has 4 N–H and O–H groups in total. The van der Waals surface area contributed by atoms with Crippen molar-refractivity contribution in [3.05, 3.63) is 64.7 Å². The Labute approximate surface area is 184 Å². The Hall–Kier alpha value is -2.29. The highest BCUT2D eigenvalue weighted by Gasteiger charge is 2.05. The zero-order valence-corrected chi connectivity index (χ0v) is 18.9. The second-order valence-corrected chi connectivity index (χ2v) is 6.25. The summed E-state index contributed by atoms with van der Waals surface area (Å²) in [4.78, 5) is 15.7. The Balaban J connectivity index is 0.00000392. The molecule has 2 aromatic carbocycles. The number of halogens is 1. The van der Waals surface area contributed by atoms with Crippen LogP contribution in [0.1, 0.15) is 34.0 Å². The Kier molecular flexibility index (Phi) is 10.4. The highest BCUT2D eigenvalue weighted by molar-refractivity contribution is 14.0. The van der Waals surface area contributed by atoms with Crippen LogP contribution in [0.4, 0.5) is 0 Å². The molecule has 0 fully saturated rings. The molecule has 0 unspecified atom stereocenters. The number of nitrogens with one attached hydrogen (secondary N) is 2. The quantitative estimate of drug-likeness (QED) is 0.298. The summed E-state index contributed by atoms with van der Waals surface area (Å²) in [5.74, 6) is 1.23. The van der Waals surface area contributed by atoms with Gasteiger partial charge in [0.05, 0.1) is 13.7 Å². The third-order valence-corrected chi connectivity index (χ3v) is 4.13. The van der Waals surface area contributed by atoms with Gasteiger partial charge in [0.25, 0.3) is 0 Å². The first-order valence-electron chi connectivity index (χ1n) is 9.08. The molecule has 0 saturated heterocycles. The Bertz CT molecular complexity index is 791. The van der Waals surface area contributed by atoms with Crippen LogP contribution >= 0.6 is 24.0 Å². The number of nitrogens with two attached hydrogens (primary N) is 1. The SMILES string of the molecule is CCNC(=NCc1ccc(C(N)=O)cc1)NCCc1cc(C)ccc1OC.I. The van der Waals surface area contributed by atoms with Crippen molar-refractivity contribution >= 4 is 35.8 Å². The van der Waals surface area contributed by atoms with Crippen molar-refractivity contribution in [3.63, 3.8) is 0 Å². The van der Waals surface area contributed by atoms with Gasteiger partial charge in [-0.2, -0.15) is 0 Å². The zero-order valence-electron chi connectivity index (χ0n) is 16.6. The molecule has 0 aliphatic rings. The van der Waals surface area contributed by atoms with E-state index in [1.807, 2.05) is 31.2 Å². The number of hydrogen-bond donors (Lipinski definition) is 3. The summed E-state index contributed by atoms with van der Waals surface area (Å²) >= 11 is 0. The zero-order chi connectivity index (χ0) is 19.6. The first-order valence-corrected chi connectivity index (χ1v) is 9.08. The molecule has 7 heteroatoms. The lowest BCUT2D eigenvalue weighted by Gasteiger charge is -2.13. The average Bonchev–Trinajstić information content (AvgIpc) is 2.66. The molecule has 6 nitrogen and oxygen atoms in total. The highest BCUT2D eigenvalue weighted by atomic mass is 127. The number of guanidine groups is 1. The van der Waals surface area contributed by atoms with E-state index in [2.05, 4.69) is 28.6 Å². The van der Waals surface area contributed by atoms with Gasteiger partial charge in [-0.15, -0.1) is 24.0 Å². The molecule has 2 aromatic rings. The second kappa shape index (κ2) is 12.2. The van der Waals surface area contributed by atoms with Crippen LogP contribution in [-0.2, 0) is 13.0 Å². The first-order chi connectivity index (χ1) is 13.0. The minimum absolute atomic E-state index is 0. The van der Waals surface area contributed by atoms with E-state index < -0.39 is 5.91 Å². The largest absolute Gasteiger partial charge is 0.496 e. The molecule has 0 radical (unpaired) electrons. The molecular weight excluding hydrogens is 467 g/mol. The third kappa shape index (κ3) is 7.38. The lowest BCUT2D eigenvalue weighted by atomic mass is 10.1. The molecule has 0 bridgehead atoms. The number of amides is 1. The first kappa shape index (κ1) is 23.7. The van der Waals surface area contributed by atoms with Crippen LogP contribution in [0.5, 0.6) is 5.75 Å². The summed E-state index contributed by atoms with van der Waals surface area (Å²) in [5, 5.41) is 6.59. The average molecular weight is 496 g/mol. The molecule has 0 atom stereocenters. The molecule has 28 heavy (non-hydrogen) atoms. The monoisotopic (exact) mass is 496 g/mol. The van der Waals surface area contributed by atoms with Gasteiger partial charge in [-0.25, -0.2) is 4.99 Å². The number of rotatable bonds is 8. The number of aryl methyl sites for hydroxylation is 1. The molecule has 2 rings (SSSR count). The van der Waals surface area contributed by atoms with E-state index in [1.165, 1.54) is 11.1 Å². The number of nitrogens with zero attached hydrogens (tertiary/aromatic N) is 1. The predicted molar refractivity (Wildman–Crippen MR) is 125 cm³/mol. The van der Waals surface area contributed by atoms with Gasteiger partial charge in [-0.3, -0.25) is 4.79 Å². The maximum atomic E-state index is 11.1. The topological polar surface area (TPSA) is 88.7 Å². The lowest BCUT2D eigenvalue weighted by Crippen LogP contribution is -2.38. The van der Waals surface area contributed by atoms with Crippen molar-refractivity contribution in [1.29, 1.82) is 0 Å². The molecule has 0 aliphatic carbocycles. The fourth-order valence-corrected chi connectivity index (χ4v) is 2.70. The normalized spacial score (nSPS) is 10.8. The van der Waals surface area contributed by atoms with Crippen LogP contribution < -0.4 is 21.1 Å². The summed E-state index contributed by atoms with van der Waals surface area (Å²) < 4.78 is 5.43. The fourth-order valence-electron chi connectivity index (χ4n) is 2.70. The van der Waals surface area contributed by atoms with E-state index >= 15 is 0 Å². The van der Waals surface area contributed by atoms with E-state index in [9.17, 15) is 4.79 Å².